The van der Waals surface area contributed by atoms with Gasteiger partial charge in [0, 0.05) is 0 Å². The molecule has 0 N–H and O–H groups in total. The summed E-state index contributed by atoms with van der Waals surface area (Å²) < 4.78 is 5.73. The normalized spacial score (nSPS) is 34.8. The molecule has 1 heterocycles. The summed E-state index contributed by atoms with van der Waals surface area (Å²) in [6, 6.07) is 0. The van der Waals surface area contributed by atoms with E-state index in [2.05, 4.69) is 27.7 Å². The largest absolute Gasteiger partial charge is 0.375 e. The van der Waals surface area contributed by atoms with Gasteiger partial charge in [0.2, 0.25) is 0 Å². The second-order valence-corrected chi connectivity index (χ2v) is 4.38. The van der Waals surface area contributed by atoms with Gasteiger partial charge in [0.25, 0.3) is 0 Å². The minimum atomic E-state index is 0.338. The summed E-state index contributed by atoms with van der Waals surface area (Å²) in [5, 5.41) is 0. The first-order valence-corrected chi connectivity index (χ1v) is 4.15. The molecule has 0 spiro atoms. The number of ether oxygens (including phenoxy) is 1. The van der Waals surface area contributed by atoms with Gasteiger partial charge in [0.15, 0.2) is 0 Å². The van der Waals surface area contributed by atoms with Gasteiger partial charge in [0.1, 0.15) is 0 Å². The molecule has 0 saturated carbocycles. The maximum absolute atomic E-state index is 5.73. The van der Waals surface area contributed by atoms with Crippen LogP contribution in [0.5, 0.6) is 0 Å². The van der Waals surface area contributed by atoms with Crippen molar-refractivity contribution < 1.29 is 4.74 Å². The molecule has 0 aromatic heterocycles. The van der Waals surface area contributed by atoms with Gasteiger partial charge in [-0.2, -0.15) is 0 Å². The fraction of sp³-hybridized carbons (Fsp3) is 1.00. The Morgan fingerprint density at radius 3 is 2.00 bits per heavy atom. The Bertz CT molecular complexity index is 112. The lowest BCUT2D eigenvalue weighted by molar-refractivity contribution is -0.00812. The monoisotopic (exact) mass is 142 g/mol. The highest BCUT2D eigenvalue weighted by molar-refractivity contribution is 4.80. The highest BCUT2D eigenvalue weighted by Gasteiger charge is 2.31. The maximum Gasteiger partial charge on any atom is 0.0627 e. The molecule has 10 heavy (non-hydrogen) atoms. The van der Waals surface area contributed by atoms with Crippen LogP contribution in [0.15, 0.2) is 0 Å². The van der Waals surface area contributed by atoms with E-state index in [9.17, 15) is 0 Å². The Labute approximate surface area is 63.8 Å². The third-order valence-corrected chi connectivity index (χ3v) is 2.20. The Morgan fingerprint density at radius 1 is 1.20 bits per heavy atom. The van der Waals surface area contributed by atoms with E-state index in [1.54, 1.807) is 0 Å². The van der Waals surface area contributed by atoms with E-state index in [0.717, 1.165) is 0 Å². The van der Waals surface area contributed by atoms with E-state index < -0.39 is 0 Å². The van der Waals surface area contributed by atoms with Crippen molar-refractivity contribution in [3.05, 3.63) is 0 Å². The SMILES string of the molecule is C[C@@H]1CC[C@@H](C(C)(C)C)O1. The van der Waals surface area contributed by atoms with Crippen molar-refractivity contribution in [2.45, 2.75) is 52.7 Å². The van der Waals surface area contributed by atoms with E-state index in [0.29, 0.717) is 17.6 Å². The summed E-state index contributed by atoms with van der Waals surface area (Å²) in [5.74, 6) is 0. The molecule has 2 atom stereocenters. The fourth-order valence-electron chi connectivity index (χ4n) is 1.44. The third-order valence-electron chi connectivity index (χ3n) is 2.20. The van der Waals surface area contributed by atoms with Crippen molar-refractivity contribution in [2.75, 3.05) is 0 Å². The van der Waals surface area contributed by atoms with Crippen LogP contribution in [0.1, 0.15) is 40.5 Å². The van der Waals surface area contributed by atoms with Gasteiger partial charge in [-0.1, -0.05) is 20.8 Å². The van der Waals surface area contributed by atoms with Crippen LogP contribution in [0.4, 0.5) is 0 Å². The number of hydrogen-bond donors (Lipinski definition) is 0. The lowest BCUT2D eigenvalue weighted by atomic mass is 9.87. The number of hydrogen-bond acceptors (Lipinski definition) is 1. The first-order chi connectivity index (χ1) is 4.50. The molecular formula is C9H18O. The van der Waals surface area contributed by atoms with Gasteiger partial charge >= 0.3 is 0 Å². The van der Waals surface area contributed by atoms with Gasteiger partial charge < -0.3 is 4.74 Å². The van der Waals surface area contributed by atoms with Crippen LogP contribution >= 0.6 is 0 Å². The molecule has 1 aliphatic rings. The van der Waals surface area contributed by atoms with Crippen molar-refractivity contribution in [1.82, 2.24) is 0 Å². The topological polar surface area (TPSA) is 9.23 Å². The highest BCUT2D eigenvalue weighted by Crippen LogP contribution is 2.32. The smallest absolute Gasteiger partial charge is 0.0627 e. The molecule has 1 saturated heterocycles. The van der Waals surface area contributed by atoms with Gasteiger partial charge in [-0.15, -0.1) is 0 Å². The third kappa shape index (κ3) is 1.72. The molecule has 0 bridgehead atoms. The number of rotatable bonds is 0. The lowest BCUT2D eigenvalue weighted by Gasteiger charge is -2.26. The standard InChI is InChI=1S/C9H18O/c1-7-5-6-8(10-7)9(2,3)4/h7-8H,5-6H2,1-4H3/t7-,8+/m1/s1. The van der Waals surface area contributed by atoms with Gasteiger partial charge in [-0.3, -0.25) is 0 Å². The molecule has 60 valence electrons. The molecule has 1 nitrogen and oxygen atoms in total. The summed E-state index contributed by atoms with van der Waals surface area (Å²) >= 11 is 0. The van der Waals surface area contributed by atoms with Crippen LogP contribution in [-0.4, -0.2) is 12.2 Å². The quantitative estimate of drug-likeness (QED) is 0.505. The first-order valence-electron chi connectivity index (χ1n) is 4.15. The minimum absolute atomic E-state index is 0.338. The van der Waals surface area contributed by atoms with Crippen molar-refractivity contribution in [1.29, 1.82) is 0 Å². The Hall–Kier alpha value is -0.0400. The van der Waals surface area contributed by atoms with Crippen molar-refractivity contribution in [3.63, 3.8) is 0 Å². The summed E-state index contributed by atoms with van der Waals surface area (Å²) in [7, 11) is 0. The van der Waals surface area contributed by atoms with E-state index in [1.807, 2.05) is 0 Å². The van der Waals surface area contributed by atoms with Crippen LogP contribution in [0.2, 0.25) is 0 Å². The van der Waals surface area contributed by atoms with Crippen LogP contribution in [0, 0.1) is 5.41 Å². The minimum Gasteiger partial charge on any atom is -0.375 e. The molecule has 1 rings (SSSR count). The van der Waals surface area contributed by atoms with E-state index in [1.165, 1.54) is 12.8 Å². The summed E-state index contributed by atoms with van der Waals surface area (Å²) in [5.41, 5.74) is 0.338. The predicted molar refractivity (Wildman–Crippen MR) is 43.0 cm³/mol. The van der Waals surface area contributed by atoms with Crippen LogP contribution in [0.3, 0.4) is 0 Å². The highest BCUT2D eigenvalue weighted by atomic mass is 16.5. The summed E-state index contributed by atoms with van der Waals surface area (Å²) in [6.45, 7) is 8.90. The second-order valence-electron chi connectivity index (χ2n) is 4.38. The molecule has 1 aliphatic heterocycles. The van der Waals surface area contributed by atoms with Gasteiger partial charge in [-0.05, 0) is 25.2 Å². The maximum atomic E-state index is 5.73. The Kier molecular flexibility index (Phi) is 2.04. The molecule has 0 radical (unpaired) electrons. The molecule has 0 amide bonds. The molecule has 0 aliphatic carbocycles. The fourth-order valence-corrected chi connectivity index (χ4v) is 1.44. The van der Waals surface area contributed by atoms with Crippen molar-refractivity contribution in [3.8, 4) is 0 Å². The van der Waals surface area contributed by atoms with Crippen molar-refractivity contribution >= 4 is 0 Å². The summed E-state index contributed by atoms with van der Waals surface area (Å²) in [6.07, 6.45) is 3.46. The van der Waals surface area contributed by atoms with Crippen molar-refractivity contribution in [2.24, 2.45) is 5.41 Å². The van der Waals surface area contributed by atoms with E-state index >= 15 is 0 Å². The Morgan fingerprint density at radius 2 is 1.80 bits per heavy atom. The zero-order chi connectivity index (χ0) is 7.78. The van der Waals surface area contributed by atoms with Crippen LogP contribution < -0.4 is 0 Å². The molecule has 1 heteroatoms. The van der Waals surface area contributed by atoms with E-state index in [-0.39, 0.29) is 0 Å². The molecule has 0 aromatic carbocycles. The molecule has 0 unspecified atom stereocenters. The lowest BCUT2D eigenvalue weighted by Crippen LogP contribution is -2.25. The first kappa shape index (κ1) is 8.06. The van der Waals surface area contributed by atoms with Crippen LogP contribution in [-0.2, 0) is 4.74 Å². The van der Waals surface area contributed by atoms with E-state index in [4.69, 9.17) is 4.74 Å². The van der Waals surface area contributed by atoms with Gasteiger partial charge in [0.05, 0.1) is 12.2 Å². The molecule has 1 fully saturated rings. The average molecular weight is 142 g/mol. The zero-order valence-electron chi connectivity index (χ0n) is 7.48. The summed E-state index contributed by atoms with van der Waals surface area (Å²) in [4.78, 5) is 0. The average Bonchev–Trinajstić information content (AvgIpc) is 2.11. The van der Waals surface area contributed by atoms with Crippen LogP contribution in [0.25, 0.3) is 0 Å². The molecule has 0 aromatic rings. The Balaban J connectivity index is 2.45. The predicted octanol–water partition coefficient (Wildman–Crippen LogP) is 2.60. The molecular weight excluding hydrogens is 124 g/mol. The second kappa shape index (κ2) is 2.54. The zero-order valence-corrected chi connectivity index (χ0v) is 7.48. The van der Waals surface area contributed by atoms with Gasteiger partial charge in [-0.25, -0.2) is 0 Å².